The van der Waals surface area contributed by atoms with Gasteiger partial charge in [0.2, 0.25) is 5.91 Å². The average Bonchev–Trinajstić information content (AvgIpc) is 2.87. The number of carbonyl (C=O) groups is 3. The van der Waals surface area contributed by atoms with E-state index >= 15 is 0 Å². The van der Waals surface area contributed by atoms with E-state index in [-0.39, 0.29) is 23.3 Å². The van der Waals surface area contributed by atoms with Crippen LogP contribution in [0, 0.1) is 5.92 Å². The fourth-order valence-corrected chi connectivity index (χ4v) is 3.38. The van der Waals surface area contributed by atoms with Crippen LogP contribution in [0.4, 0.5) is 11.4 Å². The molecule has 0 bridgehead atoms. The summed E-state index contributed by atoms with van der Waals surface area (Å²) in [5.74, 6) is -0.0692. The van der Waals surface area contributed by atoms with Crippen LogP contribution in [0.5, 0.6) is 11.5 Å². The molecular formula is C27H29N3O5. The molecule has 0 radical (unpaired) electrons. The van der Waals surface area contributed by atoms with Gasteiger partial charge >= 0.3 is 0 Å². The molecule has 3 rings (SSSR count). The van der Waals surface area contributed by atoms with E-state index in [0.717, 1.165) is 0 Å². The quantitative estimate of drug-likeness (QED) is 0.427. The number of carbonyl (C=O) groups excluding carboxylic acids is 3. The topological polar surface area (TPSA) is 106 Å². The van der Waals surface area contributed by atoms with Gasteiger partial charge in [0.25, 0.3) is 11.8 Å². The van der Waals surface area contributed by atoms with Crippen LogP contribution in [-0.4, -0.2) is 38.0 Å². The third-order valence-corrected chi connectivity index (χ3v) is 5.37. The van der Waals surface area contributed by atoms with Crippen LogP contribution in [0.25, 0.3) is 0 Å². The first-order valence-electron chi connectivity index (χ1n) is 11.1. The smallest absolute Gasteiger partial charge is 0.255 e. The zero-order valence-electron chi connectivity index (χ0n) is 20.1. The summed E-state index contributed by atoms with van der Waals surface area (Å²) in [6.07, 6.45) is 0. The van der Waals surface area contributed by atoms with E-state index in [1.54, 1.807) is 87.0 Å². The number of ether oxygens (including phenoxy) is 2. The first kappa shape index (κ1) is 25.3. The van der Waals surface area contributed by atoms with E-state index in [0.29, 0.717) is 28.4 Å². The van der Waals surface area contributed by atoms with Crippen LogP contribution in [0.15, 0.2) is 72.8 Å². The normalized spacial score (nSPS) is 11.3. The van der Waals surface area contributed by atoms with E-state index in [1.165, 1.54) is 0 Å². The molecule has 0 unspecified atom stereocenters. The molecule has 0 aliphatic heterocycles. The zero-order valence-corrected chi connectivity index (χ0v) is 20.1. The Hall–Kier alpha value is -4.33. The van der Waals surface area contributed by atoms with Gasteiger partial charge in [-0.25, -0.2) is 0 Å². The van der Waals surface area contributed by atoms with E-state index in [4.69, 9.17) is 9.47 Å². The van der Waals surface area contributed by atoms with Crippen LogP contribution in [0.2, 0.25) is 0 Å². The summed E-state index contributed by atoms with van der Waals surface area (Å²) in [5, 5.41) is 8.39. The number of methoxy groups -OCH3 is 2. The Bertz CT molecular complexity index is 1170. The SMILES string of the molecule is COc1ccc(NC(=O)[C@H](NC(=O)c2ccccc2NC(=O)c2ccc(OC)cc2)C(C)C)cc1. The molecule has 182 valence electrons. The number of nitrogens with one attached hydrogen (secondary N) is 3. The highest BCUT2D eigenvalue weighted by molar-refractivity contribution is 6.10. The molecule has 35 heavy (non-hydrogen) atoms. The largest absolute Gasteiger partial charge is 0.497 e. The lowest BCUT2D eigenvalue weighted by Crippen LogP contribution is -2.47. The van der Waals surface area contributed by atoms with Crippen molar-refractivity contribution in [1.29, 1.82) is 0 Å². The van der Waals surface area contributed by atoms with Crippen molar-refractivity contribution < 1.29 is 23.9 Å². The van der Waals surface area contributed by atoms with E-state index in [1.807, 2.05) is 13.8 Å². The molecule has 3 N–H and O–H groups in total. The third-order valence-electron chi connectivity index (χ3n) is 5.37. The summed E-state index contributed by atoms with van der Waals surface area (Å²) in [5.41, 5.74) is 1.59. The number of benzene rings is 3. The minimum absolute atomic E-state index is 0.182. The Morgan fingerprint density at radius 3 is 1.86 bits per heavy atom. The maximum atomic E-state index is 13.1. The van der Waals surface area contributed by atoms with Gasteiger partial charge in [-0.05, 0) is 66.6 Å². The first-order valence-corrected chi connectivity index (χ1v) is 11.1. The number of hydrogen-bond donors (Lipinski definition) is 3. The molecule has 0 aliphatic carbocycles. The highest BCUT2D eigenvalue weighted by Gasteiger charge is 2.26. The molecule has 3 amide bonds. The van der Waals surface area contributed by atoms with Crippen molar-refractivity contribution in [2.45, 2.75) is 19.9 Å². The number of hydrogen-bond acceptors (Lipinski definition) is 5. The van der Waals surface area contributed by atoms with Crippen molar-refractivity contribution in [3.8, 4) is 11.5 Å². The van der Waals surface area contributed by atoms with Gasteiger partial charge in [0.1, 0.15) is 17.5 Å². The monoisotopic (exact) mass is 475 g/mol. The molecule has 0 aromatic heterocycles. The van der Waals surface area contributed by atoms with Crippen molar-refractivity contribution in [2.75, 3.05) is 24.9 Å². The average molecular weight is 476 g/mol. The van der Waals surface area contributed by atoms with Gasteiger partial charge in [0.15, 0.2) is 0 Å². The van der Waals surface area contributed by atoms with Crippen molar-refractivity contribution >= 4 is 29.1 Å². The Morgan fingerprint density at radius 1 is 0.714 bits per heavy atom. The maximum Gasteiger partial charge on any atom is 0.255 e. The van der Waals surface area contributed by atoms with Crippen LogP contribution in [0.3, 0.4) is 0 Å². The second-order valence-corrected chi connectivity index (χ2v) is 8.14. The summed E-state index contributed by atoms with van der Waals surface area (Å²) in [7, 11) is 3.11. The molecule has 0 aliphatic rings. The van der Waals surface area contributed by atoms with Crippen molar-refractivity contribution in [2.24, 2.45) is 5.92 Å². The Balaban J connectivity index is 1.73. The molecule has 1 atom stereocenters. The second-order valence-electron chi connectivity index (χ2n) is 8.14. The predicted octanol–water partition coefficient (Wildman–Crippen LogP) is 4.35. The Labute approximate surface area is 204 Å². The maximum absolute atomic E-state index is 13.1. The molecule has 8 nitrogen and oxygen atoms in total. The lowest BCUT2D eigenvalue weighted by molar-refractivity contribution is -0.118. The standard InChI is InChI=1S/C27H29N3O5/c1-17(2)24(27(33)28-19-11-15-21(35-4)16-12-19)30-26(32)22-7-5-6-8-23(22)29-25(31)18-9-13-20(34-3)14-10-18/h5-17,24H,1-4H3,(H,28,33)(H,29,31)(H,30,32)/t24-/m1/s1. The van der Waals surface area contributed by atoms with Gasteiger partial charge in [-0.1, -0.05) is 26.0 Å². The molecule has 0 fully saturated rings. The lowest BCUT2D eigenvalue weighted by Gasteiger charge is -2.22. The van der Waals surface area contributed by atoms with Crippen LogP contribution in [-0.2, 0) is 4.79 Å². The molecule has 8 heteroatoms. The van der Waals surface area contributed by atoms with Crippen LogP contribution in [0.1, 0.15) is 34.6 Å². The van der Waals surface area contributed by atoms with Gasteiger partial charge in [0, 0.05) is 11.3 Å². The minimum Gasteiger partial charge on any atom is -0.497 e. The van der Waals surface area contributed by atoms with Gasteiger partial charge in [-0.3, -0.25) is 14.4 Å². The summed E-state index contributed by atoms with van der Waals surface area (Å²) in [4.78, 5) is 38.8. The third kappa shape index (κ3) is 6.60. The van der Waals surface area contributed by atoms with Crippen molar-refractivity contribution in [3.63, 3.8) is 0 Å². The molecule has 0 saturated heterocycles. The van der Waals surface area contributed by atoms with Gasteiger partial charge in [-0.15, -0.1) is 0 Å². The number of rotatable bonds is 9. The molecule has 0 saturated carbocycles. The van der Waals surface area contributed by atoms with Gasteiger partial charge < -0.3 is 25.4 Å². The molecule has 0 spiro atoms. The van der Waals surface area contributed by atoms with Crippen molar-refractivity contribution in [3.05, 3.63) is 83.9 Å². The predicted molar refractivity (Wildman–Crippen MR) is 135 cm³/mol. The van der Waals surface area contributed by atoms with E-state index in [2.05, 4.69) is 16.0 Å². The summed E-state index contributed by atoms with van der Waals surface area (Å²) in [6, 6.07) is 19.4. The highest BCUT2D eigenvalue weighted by atomic mass is 16.5. The van der Waals surface area contributed by atoms with E-state index < -0.39 is 11.9 Å². The molecule has 3 aromatic rings. The van der Waals surface area contributed by atoms with E-state index in [9.17, 15) is 14.4 Å². The zero-order chi connectivity index (χ0) is 25.4. The summed E-state index contributed by atoms with van der Waals surface area (Å²) in [6.45, 7) is 3.69. The van der Waals surface area contributed by atoms with Crippen LogP contribution < -0.4 is 25.4 Å². The fraction of sp³-hybridized carbons (Fsp3) is 0.222. The van der Waals surface area contributed by atoms with Crippen LogP contribution >= 0.6 is 0 Å². The summed E-state index contributed by atoms with van der Waals surface area (Å²) >= 11 is 0. The Morgan fingerprint density at radius 2 is 1.29 bits per heavy atom. The summed E-state index contributed by atoms with van der Waals surface area (Å²) < 4.78 is 10.3. The van der Waals surface area contributed by atoms with Gasteiger partial charge in [-0.2, -0.15) is 0 Å². The number of para-hydroxylation sites is 1. The fourth-order valence-electron chi connectivity index (χ4n) is 3.38. The second kappa shape index (κ2) is 11.7. The molecular weight excluding hydrogens is 446 g/mol. The van der Waals surface area contributed by atoms with Gasteiger partial charge in [0.05, 0.1) is 25.5 Å². The Kier molecular flexibility index (Phi) is 8.45. The molecule has 3 aromatic carbocycles. The molecule has 0 heterocycles. The lowest BCUT2D eigenvalue weighted by atomic mass is 10.0. The number of anilines is 2. The highest BCUT2D eigenvalue weighted by Crippen LogP contribution is 2.20. The minimum atomic E-state index is -0.796. The van der Waals surface area contributed by atoms with Crippen molar-refractivity contribution in [1.82, 2.24) is 5.32 Å². The number of amides is 3. The first-order chi connectivity index (χ1) is 16.8.